The summed E-state index contributed by atoms with van der Waals surface area (Å²) in [5, 5.41) is 9.11. The average molecular weight is 229 g/mol. The molecule has 94 valence electrons. The summed E-state index contributed by atoms with van der Waals surface area (Å²) in [6, 6.07) is 0. The lowest BCUT2D eigenvalue weighted by Gasteiger charge is -2.47. The Hall–Kier alpha value is -0.770. The third-order valence-corrected chi connectivity index (χ3v) is 3.83. The maximum atomic E-state index is 11.0. The summed E-state index contributed by atoms with van der Waals surface area (Å²) in [5.41, 5.74) is 4.57. The summed E-state index contributed by atoms with van der Waals surface area (Å²) in [4.78, 5) is 11.0. The molecule has 4 heteroatoms. The van der Waals surface area contributed by atoms with Gasteiger partial charge in [0.05, 0.1) is 0 Å². The normalized spacial score (nSPS) is 31.1. The van der Waals surface area contributed by atoms with Gasteiger partial charge in [-0.2, -0.15) is 0 Å². The molecule has 0 spiro atoms. The van der Waals surface area contributed by atoms with Crippen LogP contribution in [0.1, 0.15) is 46.5 Å². The van der Waals surface area contributed by atoms with E-state index in [2.05, 4.69) is 20.8 Å². The van der Waals surface area contributed by atoms with E-state index in [0.29, 0.717) is 5.92 Å². The van der Waals surface area contributed by atoms with Crippen molar-refractivity contribution in [3.05, 3.63) is 0 Å². The molecule has 0 atom stereocenters. The van der Waals surface area contributed by atoms with E-state index in [9.17, 15) is 4.79 Å². The summed E-state index contributed by atoms with van der Waals surface area (Å²) in [6.45, 7) is 6.41. The van der Waals surface area contributed by atoms with Crippen LogP contribution in [-0.4, -0.2) is 23.4 Å². The first-order valence-corrected chi connectivity index (χ1v) is 5.90. The minimum absolute atomic E-state index is 0.123. The number of hydrogen-bond donors (Lipinski definition) is 2. The average Bonchev–Trinajstić information content (AvgIpc) is 2.16. The van der Waals surface area contributed by atoms with Crippen molar-refractivity contribution in [1.29, 1.82) is 0 Å². The molecule has 0 saturated heterocycles. The van der Waals surface area contributed by atoms with Gasteiger partial charge in [0.15, 0.2) is 0 Å². The van der Waals surface area contributed by atoms with Crippen LogP contribution in [0.25, 0.3) is 0 Å². The van der Waals surface area contributed by atoms with Gasteiger partial charge in [-0.3, -0.25) is 0 Å². The molecule has 1 fully saturated rings. The maximum absolute atomic E-state index is 11.0. The highest BCUT2D eigenvalue weighted by molar-refractivity contribution is 5.65. The quantitative estimate of drug-likeness (QED) is 0.761. The van der Waals surface area contributed by atoms with E-state index < -0.39 is 11.7 Å². The molecular formula is C12H23NO3. The van der Waals surface area contributed by atoms with Crippen molar-refractivity contribution in [1.82, 2.24) is 0 Å². The zero-order valence-electron chi connectivity index (χ0n) is 10.5. The van der Waals surface area contributed by atoms with Gasteiger partial charge < -0.3 is 15.6 Å². The standard InChI is InChI=1S/C12H23NO3/c1-11(2,3)12(16-10(13)15)6-4-9(8-14)5-7-12/h9,14H,4-8H2,1-3H3,(H2,13,15). The molecule has 0 unspecified atom stereocenters. The van der Waals surface area contributed by atoms with Crippen molar-refractivity contribution in [2.75, 3.05) is 6.61 Å². The van der Waals surface area contributed by atoms with E-state index >= 15 is 0 Å². The van der Waals surface area contributed by atoms with Crippen LogP contribution in [0.5, 0.6) is 0 Å². The fourth-order valence-corrected chi connectivity index (χ4v) is 2.52. The Kier molecular flexibility index (Phi) is 3.84. The molecule has 1 saturated carbocycles. The Morgan fingerprint density at radius 1 is 1.44 bits per heavy atom. The van der Waals surface area contributed by atoms with Gasteiger partial charge in [0.25, 0.3) is 0 Å². The van der Waals surface area contributed by atoms with Crippen LogP contribution < -0.4 is 5.73 Å². The topological polar surface area (TPSA) is 72.5 Å². The smallest absolute Gasteiger partial charge is 0.405 e. The minimum atomic E-state index is -0.697. The Bertz CT molecular complexity index is 249. The van der Waals surface area contributed by atoms with E-state index in [1.165, 1.54) is 0 Å². The third kappa shape index (κ3) is 2.67. The first kappa shape index (κ1) is 13.3. The number of nitrogens with two attached hydrogens (primary N) is 1. The first-order chi connectivity index (χ1) is 7.31. The molecule has 1 amide bonds. The van der Waals surface area contributed by atoms with Crippen LogP contribution in [0.3, 0.4) is 0 Å². The number of carbonyl (C=O) groups is 1. The SMILES string of the molecule is CC(C)(C)C1(OC(N)=O)CCC(CO)CC1. The van der Waals surface area contributed by atoms with Gasteiger partial charge in [0.1, 0.15) is 5.60 Å². The predicted molar refractivity (Wildman–Crippen MR) is 61.9 cm³/mol. The molecule has 4 nitrogen and oxygen atoms in total. The summed E-state index contributed by atoms with van der Waals surface area (Å²) in [5.74, 6) is 0.340. The Morgan fingerprint density at radius 2 is 1.94 bits per heavy atom. The van der Waals surface area contributed by atoms with Crippen LogP contribution in [-0.2, 0) is 4.74 Å². The number of primary amides is 1. The number of rotatable bonds is 2. The molecule has 1 aliphatic rings. The molecular weight excluding hydrogens is 206 g/mol. The molecule has 0 aromatic heterocycles. The predicted octanol–water partition coefficient (Wildman–Crippen LogP) is 2.05. The Labute approximate surface area is 97.2 Å². The van der Waals surface area contributed by atoms with Crippen molar-refractivity contribution < 1.29 is 14.6 Å². The van der Waals surface area contributed by atoms with Crippen molar-refractivity contribution >= 4 is 6.09 Å². The van der Waals surface area contributed by atoms with Crippen LogP contribution >= 0.6 is 0 Å². The zero-order chi connectivity index (χ0) is 12.4. The van der Waals surface area contributed by atoms with E-state index in [0.717, 1.165) is 25.7 Å². The van der Waals surface area contributed by atoms with E-state index in [-0.39, 0.29) is 12.0 Å². The maximum Gasteiger partial charge on any atom is 0.405 e. The second kappa shape index (κ2) is 4.62. The second-order valence-corrected chi connectivity index (χ2v) is 5.79. The van der Waals surface area contributed by atoms with Gasteiger partial charge in [0.2, 0.25) is 0 Å². The largest absolute Gasteiger partial charge is 0.443 e. The summed E-state index contributed by atoms with van der Waals surface area (Å²) >= 11 is 0. The van der Waals surface area contributed by atoms with Crippen LogP contribution in [0.4, 0.5) is 4.79 Å². The molecule has 0 radical (unpaired) electrons. The number of aliphatic hydroxyl groups is 1. The van der Waals surface area contributed by atoms with Gasteiger partial charge in [-0.25, -0.2) is 4.79 Å². The number of ether oxygens (including phenoxy) is 1. The van der Waals surface area contributed by atoms with Gasteiger partial charge >= 0.3 is 6.09 Å². The van der Waals surface area contributed by atoms with Crippen LogP contribution in [0, 0.1) is 11.3 Å². The van der Waals surface area contributed by atoms with Gasteiger partial charge in [0, 0.05) is 12.0 Å². The number of carbonyl (C=O) groups excluding carboxylic acids is 1. The molecule has 16 heavy (non-hydrogen) atoms. The Balaban J connectivity index is 2.79. The highest BCUT2D eigenvalue weighted by Gasteiger charge is 2.47. The number of aliphatic hydroxyl groups excluding tert-OH is 1. The molecule has 3 N–H and O–H groups in total. The van der Waals surface area contributed by atoms with Gasteiger partial charge in [-0.15, -0.1) is 0 Å². The molecule has 0 aliphatic heterocycles. The fraction of sp³-hybridized carbons (Fsp3) is 0.917. The molecule has 0 heterocycles. The highest BCUT2D eigenvalue weighted by Crippen LogP contribution is 2.46. The third-order valence-electron chi connectivity index (χ3n) is 3.83. The monoisotopic (exact) mass is 229 g/mol. The highest BCUT2D eigenvalue weighted by atomic mass is 16.6. The van der Waals surface area contributed by atoms with E-state index in [1.54, 1.807) is 0 Å². The second-order valence-electron chi connectivity index (χ2n) is 5.79. The number of amides is 1. The lowest BCUT2D eigenvalue weighted by Crippen LogP contribution is -2.50. The summed E-state index contributed by atoms with van der Waals surface area (Å²) in [7, 11) is 0. The van der Waals surface area contributed by atoms with Gasteiger partial charge in [-0.05, 0) is 31.6 Å². The molecule has 0 bridgehead atoms. The Morgan fingerprint density at radius 3 is 2.25 bits per heavy atom. The lowest BCUT2D eigenvalue weighted by molar-refractivity contribution is -0.0995. The zero-order valence-corrected chi connectivity index (χ0v) is 10.5. The van der Waals surface area contributed by atoms with Crippen LogP contribution in [0.15, 0.2) is 0 Å². The molecule has 1 aliphatic carbocycles. The van der Waals surface area contributed by atoms with Crippen molar-refractivity contribution in [3.63, 3.8) is 0 Å². The molecule has 0 aromatic rings. The fourth-order valence-electron chi connectivity index (χ4n) is 2.52. The van der Waals surface area contributed by atoms with Crippen molar-refractivity contribution in [2.24, 2.45) is 17.1 Å². The van der Waals surface area contributed by atoms with Gasteiger partial charge in [-0.1, -0.05) is 20.8 Å². The molecule has 1 rings (SSSR count). The summed E-state index contributed by atoms with van der Waals surface area (Å²) < 4.78 is 5.39. The minimum Gasteiger partial charge on any atom is -0.443 e. The lowest BCUT2D eigenvalue weighted by atomic mass is 9.66. The molecule has 0 aromatic carbocycles. The van der Waals surface area contributed by atoms with Crippen LogP contribution in [0.2, 0.25) is 0 Å². The number of hydrogen-bond acceptors (Lipinski definition) is 3. The van der Waals surface area contributed by atoms with Crippen molar-refractivity contribution in [3.8, 4) is 0 Å². The van der Waals surface area contributed by atoms with E-state index in [4.69, 9.17) is 15.6 Å². The van der Waals surface area contributed by atoms with E-state index in [1.807, 2.05) is 0 Å². The van der Waals surface area contributed by atoms with Crippen molar-refractivity contribution in [2.45, 2.75) is 52.1 Å². The first-order valence-electron chi connectivity index (χ1n) is 5.90. The summed E-state index contributed by atoms with van der Waals surface area (Å²) in [6.07, 6.45) is 2.65.